The quantitative estimate of drug-likeness (QED) is 0.518. The third kappa shape index (κ3) is 3.49. The lowest BCUT2D eigenvalue weighted by molar-refractivity contribution is -0.383. The zero-order valence-corrected chi connectivity index (χ0v) is 11.9. The second kappa shape index (κ2) is 6.53. The molecule has 1 aliphatic heterocycles. The van der Waals surface area contributed by atoms with Crippen molar-refractivity contribution in [1.29, 1.82) is 0 Å². The molecule has 0 aliphatic carbocycles. The molecule has 1 aromatic rings. The van der Waals surface area contributed by atoms with Crippen LogP contribution >= 0.6 is 0 Å². The molecule has 0 radical (unpaired) electrons. The van der Waals surface area contributed by atoms with Crippen LogP contribution in [0.5, 0.6) is 0 Å². The molecule has 7 nitrogen and oxygen atoms in total. The van der Waals surface area contributed by atoms with Gasteiger partial charge in [0.1, 0.15) is 5.69 Å². The van der Waals surface area contributed by atoms with E-state index in [1.165, 1.54) is 23.1 Å². The summed E-state index contributed by atoms with van der Waals surface area (Å²) in [7, 11) is 1.65. The van der Waals surface area contributed by atoms with E-state index in [0.29, 0.717) is 13.2 Å². The molecule has 0 bridgehead atoms. The standard InChI is InChI=1S/C14H19N3O4/c1-16(9-10-5-2-3-8-21-10)14(18)11-6-4-7-12(13(11)15)17(19)20/h4,6-7,10H,2-3,5,8-9,15H2,1H3. The van der Waals surface area contributed by atoms with Gasteiger partial charge in [0.05, 0.1) is 16.6 Å². The molecule has 0 spiro atoms. The van der Waals surface area contributed by atoms with E-state index in [0.717, 1.165) is 19.3 Å². The van der Waals surface area contributed by atoms with Crippen molar-refractivity contribution in [2.24, 2.45) is 0 Å². The summed E-state index contributed by atoms with van der Waals surface area (Å²) in [5.41, 5.74) is 5.55. The topological polar surface area (TPSA) is 98.7 Å². The lowest BCUT2D eigenvalue weighted by Crippen LogP contribution is -2.37. The number of benzene rings is 1. The number of nitro benzene ring substituents is 1. The molecule has 1 atom stereocenters. The average Bonchev–Trinajstić information content (AvgIpc) is 2.47. The van der Waals surface area contributed by atoms with Crippen molar-refractivity contribution in [1.82, 2.24) is 4.90 Å². The first-order chi connectivity index (χ1) is 10.0. The van der Waals surface area contributed by atoms with E-state index in [9.17, 15) is 14.9 Å². The van der Waals surface area contributed by atoms with Gasteiger partial charge in [-0.25, -0.2) is 0 Å². The molecule has 1 amide bonds. The van der Waals surface area contributed by atoms with E-state index in [1.54, 1.807) is 7.05 Å². The fourth-order valence-electron chi connectivity index (χ4n) is 2.44. The van der Waals surface area contributed by atoms with Crippen LogP contribution in [0, 0.1) is 10.1 Å². The first kappa shape index (κ1) is 15.2. The number of nitrogen functional groups attached to an aromatic ring is 1. The maximum atomic E-state index is 12.4. The number of carbonyl (C=O) groups excluding carboxylic acids is 1. The molecule has 1 saturated heterocycles. The van der Waals surface area contributed by atoms with E-state index in [4.69, 9.17) is 10.5 Å². The van der Waals surface area contributed by atoms with Crippen molar-refractivity contribution < 1.29 is 14.5 Å². The molecule has 1 heterocycles. The van der Waals surface area contributed by atoms with E-state index in [-0.39, 0.29) is 28.9 Å². The van der Waals surface area contributed by atoms with Gasteiger partial charge in [-0.2, -0.15) is 0 Å². The molecule has 0 aromatic heterocycles. The number of likely N-dealkylation sites (N-methyl/N-ethyl adjacent to an activating group) is 1. The summed E-state index contributed by atoms with van der Waals surface area (Å²) in [6.45, 7) is 1.17. The van der Waals surface area contributed by atoms with Gasteiger partial charge in [0, 0.05) is 26.3 Å². The van der Waals surface area contributed by atoms with Crippen molar-refractivity contribution >= 4 is 17.3 Å². The van der Waals surface area contributed by atoms with Gasteiger partial charge in [-0.05, 0) is 25.3 Å². The number of para-hydroxylation sites is 1. The molecule has 2 rings (SSSR count). The number of ether oxygens (including phenoxy) is 1. The Morgan fingerprint density at radius 1 is 1.52 bits per heavy atom. The molecule has 0 saturated carbocycles. The maximum absolute atomic E-state index is 12.4. The van der Waals surface area contributed by atoms with Gasteiger partial charge in [0.25, 0.3) is 11.6 Å². The maximum Gasteiger partial charge on any atom is 0.292 e. The van der Waals surface area contributed by atoms with Crippen LogP contribution in [0.15, 0.2) is 18.2 Å². The van der Waals surface area contributed by atoms with Crippen LogP contribution in [0.2, 0.25) is 0 Å². The second-order valence-electron chi connectivity index (χ2n) is 5.17. The first-order valence-corrected chi connectivity index (χ1v) is 6.90. The predicted octanol–water partition coefficient (Wildman–Crippen LogP) is 1.82. The Morgan fingerprint density at radius 3 is 2.90 bits per heavy atom. The second-order valence-corrected chi connectivity index (χ2v) is 5.17. The Kier molecular flexibility index (Phi) is 4.74. The zero-order chi connectivity index (χ0) is 15.4. The van der Waals surface area contributed by atoms with Crippen LogP contribution in [0.1, 0.15) is 29.6 Å². The van der Waals surface area contributed by atoms with Gasteiger partial charge in [-0.1, -0.05) is 6.07 Å². The molecule has 2 N–H and O–H groups in total. The summed E-state index contributed by atoms with van der Waals surface area (Å²) in [5, 5.41) is 10.9. The van der Waals surface area contributed by atoms with Crippen molar-refractivity contribution in [2.75, 3.05) is 25.9 Å². The number of hydrogen-bond donors (Lipinski definition) is 1. The fourth-order valence-corrected chi connectivity index (χ4v) is 2.44. The highest BCUT2D eigenvalue weighted by molar-refractivity contribution is 6.00. The van der Waals surface area contributed by atoms with Crippen molar-refractivity contribution in [3.8, 4) is 0 Å². The molecule has 1 unspecified atom stereocenters. The molecule has 1 fully saturated rings. The number of rotatable bonds is 4. The van der Waals surface area contributed by atoms with Gasteiger partial charge in [0.15, 0.2) is 0 Å². The van der Waals surface area contributed by atoms with Crippen LogP contribution in [0.4, 0.5) is 11.4 Å². The molecular formula is C14H19N3O4. The third-order valence-corrected chi connectivity index (χ3v) is 3.61. The molecule has 114 valence electrons. The Morgan fingerprint density at radius 2 is 2.29 bits per heavy atom. The number of amides is 1. The van der Waals surface area contributed by atoms with Crippen molar-refractivity contribution in [2.45, 2.75) is 25.4 Å². The van der Waals surface area contributed by atoms with Gasteiger partial charge >= 0.3 is 0 Å². The molecule has 1 aliphatic rings. The van der Waals surface area contributed by atoms with Gasteiger partial charge in [0.2, 0.25) is 0 Å². The van der Waals surface area contributed by atoms with Crippen LogP contribution in [-0.2, 0) is 4.74 Å². The summed E-state index contributed by atoms with van der Waals surface area (Å²) >= 11 is 0. The van der Waals surface area contributed by atoms with Crippen LogP contribution in [0.3, 0.4) is 0 Å². The van der Waals surface area contributed by atoms with Gasteiger partial charge < -0.3 is 15.4 Å². The molecule has 1 aromatic carbocycles. The largest absolute Gasteiger partial charge is 0.393 e. The fraction of sp³-hybridized carbons (Fsp3) is 0.500. The minimum atomic E-state index is -0.587. The summed E-state index contributed by atoms with van der Waals surface area (Å²) in [6, 6.07) is 4.26. The number of nitrogens with zero attached hydrogens (tertiary/aromatic N) is 2. The number of nitrogens with two attached hydrogens (primary N) is 1. The molecule has 21 heavy (non-hydrogen) atoms. The highest BCUT2D eigenvalue weighted by atomic mass is 16.6. The minimum Gasteiger partial charge on any atom is -0.393 e. The Labute approximate surface area is 122 Å². The van der Waals surface area contributed by atoms with E-state index in [2.05, 4.69) is 0 Å². The summed E-state index contributed by atoms with van der Waals surface area (Å²) in [6.07, 6.45) is 3.08. The van der Waals surface area contributed by atoms with Crippen molar-refractivity contribution in [3.05, 3.63) is 33.9 Å². The minimum absolute atomic E-state index is 0.0209. The van der Waals surface area contributed by atoms with Crippen molar-refractivity contribution in [3.63, 3.8) is 0 Å². The predicted molar refractivity (Wildman–Crippen MR) is 78.1 cm³/mol. The first-order valence-electron chi connectivity index (χ1n) is 6.90. The number of nitro groups is 1. The van der Waals surface area contributed by atoms with Crippen LogP contribution < -0.4 is 5.73 Å². The number of anilines is 1. The summed E-state index contributed by atoms with van der Waals surface area (Å²) < 4.78 is 5.59. The smallest absolute Gasteiger partial charge is 0.292 e. The lowest BCUT2D eigenvalue weighted by Gasteiger charge is -2.27. The highest BCUT2D eigenvalue weighted by Crippen LogP contribution is 2.26. The number of carbonyl (C=O) groups is 1. The van der Waals surface area contributed by atoms with Crippen LogP contribution in [0.25, 0.3) is 0 Å². The van der Waals surface area contributed by atoms with E-state index < -0.39 is 4.92 Å². The van der Waals surface area contributed by atoms with Crippen LogP contribution in [-0.4, -0.2) is 42.0 Å². The van der Waals surface area contributed by atoms with Gasteiger partial charge in [-0.15, -0.1) is 0 Å². The Hall–Kier alpha value is -2.15. The van der Waals surface area contributed by atoms with E-state index in [1.807, 2.05) is 0 Å². The van der Waals surface area contributed by atoms with Gasteiger partial charge in [-0.3, -0.25) is 14.9 Å². The zero-order valence-electron chi connectivity index (χ0n) is 11.9. The SMILES string of the molecule is CN(CC1CCCCO1)C(=O)c1cccc([N+](=O)[O-])c1N. The summed E-state index contributed by atoms with van der Waals surface area (Å²) in [5.74, 6) is -0.328. The summed E-state index contributed by atoms with van der Waals surface area (Å²) in [4.78, 5) is 24.2. The third-order valence-electron chi connectivity index (χ3n) is 3.61. The number of hydrogen-bond acceptors (Lipinski definition) is 5. The normalized spacial score (nSPS) is 18.2. The highest BCUT2D eigenvalue weighted by Gasteiger charge is 2.24. The average molecular weight is 293 g/mol. The lowest BCUT2D eigenvalue weighted by atomic mass is 10.1. The molecule has 7 heteroatoms. The monoisotopic (exact) mass is 293 g/mol. The Balaban J connectivity index is 2.11. The molecular weight excluding hydrogens is 274 g/mol. The van der Waals surface area contributed by atoms with E-state index >= 15 is 0 Å². The Bertz CT molecular complexity index is 541.